The minimum absolute atomic E-state index is 0.0241. The molecule has 0 N–H and O–H groups in total. The number of hydrogen-bond acceptors (Lipinski definition) is 1. The van der Waals surface area contributed by atoms with Crippen LogP contribution in [0.15, 0.2) is 30.3 Å². The zero-order valence-corrected chi connectivity index (χ0v) is 11.3. The van der Waals surface area contributed by atoms with Crippen molar-refractivity contribution < 1.29 is 13.2 Å². The first-order valence-corrected chi connectivity index (χ1v) is 6.72. The highest BCUT2D eigenvalue weighted by Gasteiger charge is 2.12. The van der Waals surface area contributed by atoms with Crippen LogP contribution in [0.25, 0.3) is 11.1 Å². The van der Waals surface area contributed by atoms with E-state index < -0.39 is 17.7 Å². The maximum Gasteiger partial charge on any atom is 0.251 e. The van der Waals surface area contributed by atoms with Crippen LogP contribution in [0.3, 0.4) is 0 Å². The molecule has 0 aliphatic carbocycles. The molecule has 0 amide bonds. The van der Waals surface area contributed by atoms with E-state index in [-0.39, 0.29) is 5.56 Å². The standard InChI is InChI=1S/C16H16F3N/c1-2-3-4-5-11-6-8-12(9-7-11)13-10-14(17)16(19)20-15(13)18/h6-10H,2-5H2,1H3. The molecule has 2 rings (SSSR count). The molecule has 0 unspecified atom stereocenters. The van der Waals surface area contributed by atoms with E-state index >= 15 is 0 Å². The molecule has 0 aliphatic rings. The third kappa shape index (κ3) is 3.38. The topological polar surface area (TPSA) is 12.9 Å². The van der Waals surface area contributed by atoms with Crippen LogP contribution in [-0.2, 0) is 6.42 Å². The average Bonchev–Trinajstić information content (AvgIpc) is 2.44. The summed E-state index contributed by atoms with van der Waals surface area (Å²) < 4.78 is 39.5. The average molecular weight is 279 g/mol. The van der Waals surface area contributed by atoms with Crippen LogP contribution in [0.4, 0.5) is 13.2 Å². The molecule has 0 fully saturated rings. The van der Waals surface area contributed by atoms with Crippen molar-refractivity contribution in [2.75, 3.05) is 0 Å². The number of aromatic nitrogens is 1. The van der Waals surface area contributed by atoms with Crippen molar-refractivity contribution in [2.24, 2.45) is 0 Å². The largest absolute Gasteiger partial charge is 0.251 e. The Morgan fingerprint density at radius 2 is 1.65 bits per heavy atom. The van der Waals surface area contributed by atoms with Crippen molar-refractivity contribution in [2.45, 2.75) is 32.6 Å². The summed E-state index contributed by atoms with van der Waals surface area (Å²) in [6, 6.07) is 8.01. The second-order valence-corrected chi connectivity index (χ2v) is 4.75. The minimum Gasteiger partial charge on any atom is -0.202 e. The smallest absolute Gasteiger partial charge is 0.202 e. The first-order valence-electron chi connectivity index (χ1n) is 6.72. The number of rotatable bonds is 5. The fourth-order valence-electron chi connectivity index (χ4n) is 2.08. The highest BCUT2D eigenvalue weighted by atomic mass is 19.2. The lowest BCUT2D eigenvalue weighted by Gasteiger charge is -2.06. The van der Waals surface area contributed by atoms with Gasteiger partial charge in [0.1, 0.15) is 0 Å². The van der Waals surface area contributed by atoms with Crippen molar-refractivity contribution in [1.82, 2.24) is 4.98 Å². The molecule has 1 nitrogen and oxygen atoms in total. The monoisotopic (exact) mass is 279 g/mol. The van der Waals surface area contributed by atoms with Crippen molar-refractivity contribution in [3.05, 3.63) is 53.6 Å². The Morgan fingerprint density at radius 1 is 0.950 bits per heavy atom. The lowest BCUT2D eigenvalue weighted by molar-refractivity contribution is 0.449. The molecule has 0 aliphatic heterocycles. The molecular weight excluding hydrogens is 263 g/mol. The molecule has 1 heterocycles. The Kier molecular flexibility index (Phi) is 4.77. The van der Waals surface area contributed by atoms with Crippen LogP contribution in [-0.4, -0.2) is 4.98 Å². The van der Waals surface area contributed by atoms with Gasteiger partial charge < -0.3 is 0 Å². The second kappa shape index (κ2) is 6.55. The Hall–Kier alpha value is -1.84. The second-order valence-electron chi connectivity index (χ2n) is 4.75. The molecular formula is C16H16F3N. The van der Waals surface area contributed by atoms with Gasteiger partial charge >= 0.3 is 0 Å². The third-order valence-corrected chi connectivity index (χ3v) is 3.22. The summed E-state index contributed by atoms with van der Waals surface area (Å²) in [4.78, 5) is 2.92. The van der Waals surface area contributed by atoms with Gasteiger partial charge in [-0.2, -0.15) is 13.8 Å². The van der Waals surface area contributed by atoms with Crippen molar-refractivity contribution in [3.8, 4) is 11.1 Å². The maximum atomic E-state index is 13.5. The Bertz CT molecular complexity index is 579. The normalized spacial score (nSPS) is 10.8. The first kappa shape index (κ1) is 14.6. The van der Waals surface area contributed by atoms with Crippen LogP contribution >= 0.6 is 0 Å². The van der Waals surface area contributed by atoms with Crippen molar-refractivity contribution in [1.29, 1.82) is 0 Å². The number of unbranched alkanes of at least 4 members (excludes halogenated alkanes) is 2. The molecule has 0 bridgehead atoms. The van der Waals surface area contributed by atoms with Gasteiger partial charge in [0.25, 0.3) is 5.95 Å². The molecule has 0 saturated heterocycles. The van der Waals surface area contributed by atoms with Gasteiger partial charge in [0, 0.05) is 5.56 Å². The molecule has 1 aromatic heterocycles. The summed E-state index contributed by atoms with van der Waals surface area (Å²) in [6.07, 6.45) is 4.40. The fraction of sp³-hybridized carbons (Fsp3) is 0.312. The van der Waals surface area contributed by atoms with Crippen LogP contribution in [0.1, 0.15) is 31.7 Å². The first-order chi connectivity index (χ1) is 9.61. The number of halogens is 3. The van der Waals surface area contributed by atoms with Gasteiger partial charge in [-0.15, -0.1) is 0 Å². The van der Waals surface area contributed by atoms with E-state index in [9.17, 15) is 13.2 Å². The molecule has 0 atom stereocenters. The van der Waals surface area contributed by atoms with Crippen LogP contribution in [0.2, 0.25) is 0 Å². The fourth-order valence-corrected chi connectivity index (χ4v) is 2.08. The molecule has 20 heavy (non-hydrogen) atoms. The van der Waals surface area contributed by atoms with E-state index in [1.165, 1.54) is 6.42 Å². The van der Waals surface area contributed by atoms with Crippen LogP contribution in [0.5, 0.6) is 0 Å². The van der Waals surface area contributed by atoms with E-state index in [1.807, 2.05) is 12.1 Å². The number of pyridine rings is 1. The molecule has 2 aromatic rings. The van der Waals surface area contributed by atoms with Crippen molar-refractivity contribution in [3.63, 3.8) is 0 Å². The number of hydrogen-bond donors (Lipinski definition) is 0. The molecule has 1 aromatic carbocycles. The summed E-state index contributed by atoms with van der Waals surface area (Å²) >= 11 is 0. The highest BCUT2D eigenvalue weighted by molar-refractivity contribution is 5.63. The Balaban J connectivity index is 2.19. The van der Waals surface area contributed by atoms with Gasteiger partial charge in [-0.05, 0) is 30.0 Å². The van der Waals surface area contributed by atoms with Crippen molar-refractivity contribution >= 4 is 0 Å². The number of nitrogens with zero attached hydrogens (tertiary/aromatic N) is 1. The number of aryl methyl sites for hydroxylation is 1. The van der Waals surface area contributed by atoms with E-state index in [1.54, 1.807) is 12.1 Å². The molecule has 0 spiro atoms. The zero-order chi connectivity index (χ0) is 14.5. The minimum atomic E-state index is -1.41. The lowest BCUT2D eigenvalue weighted by Crippen LogP contribution is -1.97. The summed E-state index contributed by atoms with van der Waals surface area (Å²) in [5.74, 6) is -3.56. The number of benzene rings is 1. The van der Waals surface area contributed by atoms with Crippen LogP contribution < -0.4 is 0 Å². The summed E-state index contributed by atoms with van der Waals surface area (Å²) in [5.41, 5.74) is 1.62. The Labute approximate surface area is 116 Å². The summed E-state index contributed by atoms with van der Waals surface area (Å²) in [7, 11) is 0. The van der Waals surface area contributed by atoms with E-state index in [4.69, 9.17) is 0 Å². The van der Waals surface area contributed by atoms with E-state index in [0.717, 1.165) is 30.9 Å². The lowest BCUT2D eigenvalue weighted by atomic mass is 10.0. The van der Waals surface area contributed by atoms with Gasteiger partial charge in [-0.1, -0.05) is 44.0 Å². The predicted molar refractivity (Wildman–Crippen MR) is 72.8 cm³/mol. The van der Waals surface area contributed by atoms with Gasteiger partial charge in [0.15, 0.2) is 5.82 Å². The third-order valence-electron chi connectivity index (χ3n) is 3.22. The molecule has 0 saturated carbocycles. The quantitative estimate of drug-likeness (QED) is 0.560. The summed E-state index contributed by atoms with van der Waals surface area (Å²) in [6.45, 7) is 2.14. The van der Waals surface area contributed by atoms with Gasteiger partial charge in [0.05, 0.1) is 0 Å². The maximum absolute atomic E-state index is 13.5. The van der Waals surface area contributed by atoms with Gasteiger partial charge in [0.2, 0.25) is 5.95 Å². The van der Waals surface area contributed by atoms with Gasteiger partial charge in [-0.3, -0.25) is 0 Å². The molecule has 4 heteroatoms. The molecule has 106 valence electrons. The Morgan fingerprint density at radius 3 is 2.30 bits per heavy atom. The van der Waals surface area contributed by atoms with E-state index in [0.29, 0.717) is 5.56 Å². The van der Waals surface area contributed by atoms with Crippen LogP contribution in [0, 0.1) is 17.7 Å². The molecule has 0 radical (unpaired) electrons. The van der Waals surface area contributed by atoms with E-state index in [2.05, 4.69) is 11.9 Å². The predicted octanol–water partition coefficient (Wildman–Crippen LogP) is 4.90. The SMILES string of the molecule is CCCCCc1ccc(-c2cc(F)c(F)nc2F)cc1. The summed E-state index contributed by atoms with van der Waals surface area (Å²) in [5, 5.41) is 0. The highest BCUT2D eigenvalue weighted by Crippen LogP contribution is 2.24. The van der Waals surface area contributed by atoms with Gasteiger partial charge in [-0.25, -0.2) is 4.39 Å². The zero-order valence-electron chi connectivity index (χ0n) is 11.3.